The molecule has 440 valence electrons. The van der Waals surface area contributed by atoms with Crippen LogP contribution >= 0.6 is 0 Å². The van der Waals surface area contributed by atoms with E-state index in [1.807, 2.05) is 6.08 Å². The van der Waals surface area contributed by atoms with Gasteiger partial charge in [0.1, 0.15) is 24.4 Å². The molecule has 0 aliphatic carbocycles. The molecule has 11 heteroatoms. The first-order valence-corrected chi connectivity index (χ1v) is 31.2. The van der Waals surface area contributed by atoms with Crippen LogP contribution in [-0.4, -0.2) is 99.6 Å². The van der Waals surface area contributed by atoms with Gasteiger partial charge < -0.3 is 45.1 Å². The van der Waals surface area contributed by atoms with E-state index in [9.17, 15) is 35.1 Å². The summed E-state index contributed by atoms with van der Waals surface area (Å²) >= 11 is 0. The van der Waals surface area contributed by atoms with Crippen molar-refractivity contribution in [3.63, 3.8) is 0 Å². The van der Waals surface area contributed by atoms with Gasteiger partial charge in [0.15, 0.2) is 12.4 Å². The highest BCUT2D eigenvalue weighted by atomic mass is 16.7. The van der Waals surface area contributed by atoms with Gasteiger partial charge in [0.25, 0.3) is 0 Å². The lowest BCUT2D eigenvalue weighted by atomic mass is 9.99. The maximum absolute atomic E-state index is 13.4. The number of aliphatic hydroxyl groups excluding tert-OH is 5. The number of amides is 1. The van der Waals surface area contributed by atoms with Gasteiger partial charge in [-0.05, 0) is 96.3 Å². The van der Waals surface area contributed by atoms with Crippen LogP contribution in [0.3, 0.4) is 0 Å². The summed E-state index contributed by atoms with van der Waals surface area (Å²) in [4.78, 5) is 26.5. The van der Waals surface area contributed by atoms with Crippen molar-refractivity contribution in [2.24, 2.45) is 0 Å². The maximum Gasteiger partial charge on any atom is 0.306 e. The third kappa shape index (κ3) is 40.3. The zero-order valence-corrected chi connectivity index (χ0v) is 48.6. The van der Waals surface area contributed by atoms with Crippen LogP contribution in [0.5, 0.6) is 0 Å². The summed E-state index contributed by atoms with van der Waals surface area (Å²) in [7, 11) is 0. The van der Waals surface area contributed by atoms with E-state index < -0.39 is 67.4 Å². The van der Waals surface area contributed by atoms with Crippen molar-refractivity contribution in [1.29, 1.82) is 0 Å². The molecule has 0 saturated carbocycles. The number of esters is 1. The molecule has 1 aliphatic heterocycles. The average molecular weight is 1070 g/mol. The number of rotatable bonds is 52. The van der Waals surface area contributed by atoms with Crippen molar-refractivity contribution in [3.05, 3.63) is 72.9 Å². The van der Waals surface area contributed by atoms with Gasteiger partial charge in [-0.2, -0.15) is 0 Å². The number of nitrogens with one attached hydrogen (secondary N) is 1. The van der Waals surface area contributed by atoms with Gasteiger partial charge in [0, 0.05) is 6.42 Å². The molecule has 0 spiro atoms. The minimum absolute atomic E-state index is 0.0990. The number of carbonyl (C=O) groups excluding carboxylic acids is 2. The fourth-order valence-electron chi connectivity index (χ4n) is 9.33. The van der Waals surface area contributed by atoms with E-state index >= 15 is 0 Å². The molecular formula is C65H115NO10. The SMILES string of the molecule is CCCCC/C=C\C/C=C\C/C=C\C/C=C\CCCCCCC(O)C(=O)NC(COC1OC(CO)C(O)C(O)C1OC(=O)CCCCC/C=C\CCCCCCCCC)C(O)/C=C/CCCCCCCCCCCCC. The molecule has 8 atom stereocenters. The first kappa shape index (κ1) is 71.1. The van der Waals surface area contributed by atoms with Gasteiger partial charge in [-0.3, -0.25) is 9.59 Å². The fourth-order valence-corrected chi connectivity index (χ4v) is 9.33. The summed E-state index contributed by atoms with van der Waals surface area (Å²) in [5.41, 5.74) is 0. The number of hydrogen-bond donors (Lipinski definition) is 6. The minimum Gasteiger partial charge on any atom is -0.454 e. The molecule has 0 aromatic rings. The van der Waals surface area contributed by atoms with Gasteiger partial charge in [0.2, 0.25) is 5.91 Å². The van der Waals surface area contributed by atoms with Crippen molar-refractivity contribution in [2.45, 2.75) is 314 Å². The van der Waals surface area contributed by atoms with Crippen molar-refractivity contribution in [1.82, 2.24) is 5.32 Å². The van der Waals surface area contributed by atoms with Gasteiger partial charge >= 0.3 is 5.97 Å². The molecule has 1 heterocycles. The second-order valence-electron chi connectivity index (χ2n) is 21.4. The van der Waals surface area contributed by atoms with Crippen LogP contribution in [0.2, 0.25) is 0 Å². The van der Waals surface area contributed by atoms with Crippen LogP contribution in [0.1, 0.15) is 265 Å². The van der Waals surface area contributed by atoms with Crippen molar-refractivity contribution in [2.75, 3.05) is 13.2 Å². The fraction of sp³-hybridized carbons (Fsp3) is 0.785. The molecule has 0 radical (unpaired) electrons. The average Bonchev–Trinajstić information content (AvgIpc) is 3.42. The van der Waals surface area contributed by atoms with Crippen molar-refractivity contribution in [3.8, 4) is 0 Å². The number of ether oxygens (including phenoxy) is 3. The predicted octanol–water partition coefficient (Wildman–Crippen LogP) is 14.8. The number of unbranched alkanes of at least 4 members (excludes halogenated alkanes) is 28. The molecule has 1 saturated heterocycles. The van der Waals surface area contributed by atoms with E-state index in [1.165, 1.54) is 128 Å². The minimum atomic E-state index is -1.62. The van der Waals surface area contributed by atoms with Crippen LogP contribution in [0.25, 0.3) is 0 Å². The van der Waals surface area contributed by atoms with Crippen molar-refractivity contribution >= 4 is 11.9 Å². The molecule has 11 nitrogen and oxygen atoms in total. The Morgan fingerprint density at radius 3 is 1.39 bits per heavy atom. The van der Waals surface area contributed by atoms with Crippen LogP contribution in [0, 0.1) is 0 Å². The Bertz CT molecular complexity index is 1510. The quantitative estimate of drug-likeness (QED) is 0.0195. The molecule has 6 N–H and O–H groups in total. The summed E-state index contributed by atoms with van der Waals surface area (Å²) in [6.45, 7) is 5.74. The molecule has 0 bridgehead atoms. The van der Waals surface area contributed by atoms with E-state index in [-0.39, 0.29) is 19.4 Å². The normalized spacial score (nSPS) is 19.6. The van der Waals surface area contributed by atoms with E-state index in [0.29, 0.717) is 12.8 Å². The molecule has 1 aliphatic rings. The lowest BCUT2D eigenvalue weighted by Crippen LogP contribution is -2.61. The molecule has 8 unspecified atom stereocenters. The van der Waals surface area contributed by atoms with E-state index in [2.05, 4.69) is 86.8 Å². The van der Waals surface area contributed by atoms with Crippen LogP contribution in [0.15, 0.2) is 72.9 Å². The van der Waals surface area contributed by atoms with Crippen molar-refractivity contribution < 1.29 is 49.3 Å². The van der Waals surface area contributed by atoms with Gasteiger partial charge in [-0.25, -0.2) is 0 Å². The monoisotopic (exact) mass is 1070 g/mol. The Balaban J connectivity index is 2.72. The number of allylic oxidation sites excluding steroid dienone is 11. The number of carbonyl (C=O) groups is 2. The third-order valence-electron chi connectivity index (χ3n) is 14.3. The van der Waals surface area contributed by atoms with Gasteiger partial charge in [-0.1, -0.05) is 235 Å². The van der Waals surface area contributed by atoms with Gasteiger partial charge in [-0.15, -0.1) is 0 Å². The Kier molecular flexibility index (Phi) is 49.4. The van der Waals surface area contributed by atoms with Crippen LogP contribution in [-0.2, 0) is 23.8 Å². The Morgan fingerprint density at radius 2 is 0.908 bits per heavy atom. The molecule has 0 aromatic carbocycles. The molecule has 1 amide bonds. The van der Waals surface area contributed by atoms with E-state index in [0.717, 1.165) is 89.9 Å². The largest absolute Gasteiger partial charge is 0.454 e. The lowest BCUT2D eigenvalue weighted by molar-refractivity contribution is -0.305. The molecular weight excluding hydrogens is 955 g/mol. The Labute approximate surface area is 464 Å². The Morgan fingerprint density at radius 1 is 0.513 bits per heavy atom. The summed E-state index contributed by atoms with van der Waals surface area (Å²) in [6, 6.07) is -1.04. The predicted molar refractivity (Wildman–Crippen MR) is 315 cm³/mol. The summed E-state index contributed by atoms with van der Waals surface area (Å²) in [5.74, 6) is -1.23. The number of hydrogen-bond acceptors (Lipinski definition) is 10. The van der Waals surface area contributed by atoms with Crippen LogP contribution in [0.4, 0.5) is 0 Å². The Hall–Kier alpha value is -2.90. The molecule has 1 rings (SSSR count). The first-order valence-electron chi connectivity index (χ1n) is 31.2. The summed E-state index contributed by atoms with van der Waals surface area (Å²) in [6.07, 6.45) is 56.5. The second-order valence-corrected chi connectivity index (χ2v) is 21.4. The zero-order chi connectivity index (χ0) is 55.4. The molecule has 76 heavy (non-hydrogen) atoms. The first-order chi connectivity index (χ1) is 37.2. The lowest BCUT2D eigenvalue weighted by Gasteiger charge is -2.41. The summed E-state index contributed by atoms with van der Waals surface area (Å²) < 4.78 is 17.6. The molecule has 1 fully saturated rings. The highest BCUT2D eigenvalue weighted by Gasteiger charge is 2.47. The standard InChI is InChI=1S/C65H115NO10/c1-4-7-10-13-16-19-22-25-27-28-29-30-31-32-34-37-40-43-46-49-52-58(69)64(73)66-56(57(68)51-48-45-42-39-36-33-24-21-18-15-12-9-6-3)55-74-65-63(62(72)61(71)59(54-67)75-65)76-60(70)53-50-47-44-41-38-35-26-23-20-17-14-11-8-5-2/h16,19,25,27,29-30,32,34-35,38,48,51,56-59,61-63,65,67-69,71-72H,4-15,17-18,20-24,26,28,31,33,36-37,39-47,49-50,52-55H2,1-3H3,(H,66,73)/b19-16-,27-25-,30-29-,34-32-,38-35-,51-48+. The van der Waals surface area contributed by atoms with Crippen LogP contribution < -0.4 is 5.32 Å². The highest BCUT2D eigenvalue weighted by molar-refractivity contribution is 5.80. The zero-order valence-electron chi connectivity index (χ0n) is 48.6. The number of aliphatic hydroxyl groups is 5. The maximum atomic E-state index is 13.4. The van der Waals surface area contributed by atoms with E-state index in [4.69, 9.17) is 14.2 Å². The smallest absolute Gasteiger partial charge is 0.306 e. The molecule has 0 aromatic heterocycles. The third-order valence-corrected chi connectivity index (χ3v) is 14.3. The second kappa shape index (κ2) is 52.8. The topological polar surface area (TPSA) is 175 Å². The van der Waals surface area contributed by atoms with E-state index in [1.54, 1.807) is 6.08 Å². The summed E-state index contributed by atoms with van der Waals surface area (Å²) in [5, 5.41) is 57.0. The highest BCUT2D eigenvalue weighted by Crippen LogP contribution is 2.26. The van der Waals surface area contributed by atoms with Gasteiger partial charge in [0.05, 0.1) is 25.4 Å².